The Morgan fingerprint density at radius 2 is 1.78 bits per heavy atom. The largest absolute Gasteiger partial charge is 0.513 e. The second-order valence-corrected chi connectivity index (χ2v) is 14.4. The van der Waals surface area contributed by atoms with Crippen molar-refractivity contribution in [1.82, 2.24) is 4.90 Å². The molecule has 1 saturated heterocycles. The number of aliphatic hydroxyl groups excluding tert-OH is 1. The number of benzene rings is 2. The van der Waals surface area contributed by atoms with Gasteiger partial charge in [0.15, 0.2) is 11.2 Å². The molecule has 1 aliphatic rings. The lowest BCUT2D eigenvalue weighted by molar-refractivity contribution is 0.0630. The van der Waals surface area contributed by atoms with Gasteiger partial charge in [-0.2, -0.15) is 0 Å². The fraction of sp³-hybridized carbons (Fsp3) is 0.561. The molecule has 0 aliphatic carbocycles. The predicted octanol–water partition coefficient (Wildman–Crippen LogP) is 10.4. The number of hydrogen-bond donors (Lipinski definition) is 2. The van der Waals surface area contributed by atoms with Gasteiger partial charge < -0.3 is 29.0 Å². The number of unbranched alkanes of at least 4 members (excludes halogenated alkanes) is 8. The first kappa shape index (κ1) is 39.5. The molecule has 0 radical (unpaired) electrons. The molecule has 50 heavy (non-hydrogen) atoms. The number of halogens is 1. The fourth-order valence-corrected chi connectivity index (χ4v) is 7.04. The van der Waals surface area contributed by atoms with Crippen molar-refractivity contribution in [2.24, 2.45) is 5.92 Å². The Balaban J connectivity index is 1.29. The third-order valence-corrected chi connectivity index (χ3v) is 10.1. The van der Waals surface area contributed by atoms with Crippen molar-refractivity contribution in [2.45, 2.75) is 116 Å². The zero-order chi connectivity index (χ0) is 35.9. The zero-order valence-electron chi connectivity index (χ0n) is 30.1. The number of carbonyl (C=O) groups is 1. The van der Waals surface area contributed by atoms with Gasteiger partial charge >= 0.3 is 6.16 Å². The van der Waals surface area contributed by atoms with Crippen molar-refractivity contribution in [3.05, 3.63) is 69.4 Å². The van der Waals surface area contributed by atoms with E-state index < -0.39 is 23.6 Å². The van der Waals surface area contributed by atoms with Gasteiger partial charge in [-0.05, 0) is 70.2 Å². The summed E-state index contributed by atoms with van der Waals surface area (Å²) in [4.78, 5) is 28.4. The normalized spacial score (nSPS) is 17.4. The van der Waals surface area contributed by atoms with Crippen LogP contribution in [0.25, 0.3) is 22.3 Å². The Kier molecular flexibility index (Phi) is 16.2. The molecular weight excluding hydrogens is 654 g/mol. The molecule has 0 spiro atoms. The number of rotatable bonds is 19. The van der Waals surface area contributed by atoms with E-state index in [1.165, 1.54) is 69.9 Å². The molecule has 8 nitrogen and oxygen atoms in total. The first-order valence-corrected chi connectivity index (χ1v) is 19.0. The average molecular weight is 710 g/mol. The van der Waals surface area contributed by atoms with E-state index in [1.54, 1.807) is 24.3 Å². The zero-order valence-corrected chi connectivity index (χ0v) is 30.9. The van der Waals surface area contributed by atoms with Gasteiger partial charge in [0.25, 0.3) is 0 Å². The van der Waals surface area contributed by atoms with Crippen LogP contribution in [-0.4, -0.2) is 54.1 Å². The summed E-state index contributed by atoms with van der Waals surface area (Å²) < 4.78 is 17.1. The third-order valence-electron chi connectivity index (χ3n) is 9.75. The van der Waals surface area contributed by atoms with Crippen molar-refractivity contribution in [3.63, 3.8) is 0 Å². The molecule has 274 valence electrons. The summed E-state index contributed by atoms with van der Waals surface area (Å²) in [7, 11) is 1.91. The minimum Gasteiger partial charge on any atom is -0.507 e. The number of phenolic OH excluding ortho intramolecular Hbond substituents is 1. The number of β-amino-alcohol motifs (C(OH)–C–C–N with tert-alkyl or cyclic N) is 1. The smallest absolute Gasteiger partial charge is 0.507 e. The highest BCUT2D eigenvalue weighted by molar-refractivity contribution is 6.33. The Hall–Kier alpha value is -3.33. The lowest BCUT2D eigenvalue weighted by Gasteiger charge is -2.34. The number of allylic oxidation sites excluding steroid dienone is 2. The molecule has 0 amide bonds. The molecule has 2 heterocycles. The highest BCUT2D eigenvalue weighted by Gasteiger charge is 2.33. The highest BCUT2D eigenvalue weighted by Crippen LogP contribution is 2.43. The minimum atomic E-state index is -0.961. The Bertz CT molecular complexity index is 1600. The number of carbonyl (C=O) groups excluding carboxylic acids is 1. The molecular formula is C41H56ClNO7. The molecule has 9 heteroatoms. The summed E-state index contributed by atoms with van der Waals surface area (Å²) in [6.07, 6.45) is 18.6. The van der Waals surface area contributed by atoms with E-state index in [0.29, 0.717) is 42.1 Å². The minimum absolute atomic E-state index is 0.00938. The second-order valence-electron chi connectivity index (χ2n) is 14.0. The molecule has 1 aromatic heterocycles. The summed E-state index contributed by atoms with van der Waals surface area (Å²) >= 11 is 6.42. The van der Waals surface area contributed by atoms with Crippen LogP contribution in [0.1, 0.15) is 115 Å². The summed E-state index contributed by atoms with van der Waals surface area (Å²) in [5, 5.41) is 22.6. The number of ether oxygens (including phenoxy) is 2. The number of phenols is 1. The number of hydrogen-bond acceptors (Lipinski definition) is 8. The number of likely N-dealkylation sites (tertiary alicyclic amines) is 1. The van der Waals surface area contributed by atoms with E-state index in [4.69, 9.17) is 25.5 Å². The van der Waals surface area contributed by atoms with Crippen LogP contribution < -0.4 is 10.2 Å². The molecule has 2 aromatic carbocycles. The number of piperidine rings is 1. The third kappa shape index (κ3) is 11.6. The van der Waals surface area contributed by atoms with Gasteiger partial charge in [0.05, 0.1) is 17.7 Å². The van der Waals surface area contributed by atoms with Crippen LogP contribution in [0.4, 0.5) is 4.79 Å². The molecule has 3 aromatic rings. The molecule has 1 fully saturated rings. The van der Waals surface area contributed by atoms with Crippen LogP contribution in [0.2, 0.25) is 5.02 Å². The first-order chi connectivity index (χ1) is 24.2. The Labute approximate surface area is 302 Å². The molecule has 2 unspecified atom stereocenters. The van der Waals surface area contributed by atoms with Gasteiger partial charge in [0, 0.05) is 35.7 Å². The number of likely N-dealkylation sites (N-methyl/N-ethyl adjacent to an activating group) is 1. The Morgan fingerprint density at radius 3 is 2.54 bits per heavy atom. The lowest BCUT2D eigenvalue weighted by atomic mass is 9.85. The Morgan fingerprint density at radius 1 is 1.04 bits per heavy atom. The predicted molar refractivity (Wildman–Crippen MR) is 201 cm³/mol. The van der Waals surface area contributed by atoms with Crippen molar-refractivity contribution in [1.29, 1.82) is 0 Å². The van der Waals surface area contributed by atoms with E-state index in [9.17, 15) is 19.8 Å². The fourth-order valence-electron chi connectivity index (χ4n) is 6.82. The molecule has 0 bridgehead atoms. The van der Waals surface area contributed by atoms with Gasteiger partial charge in [0.2, 0.25) is 0 Å². The highest BCUT2D eigenvalue weighted by atomic mass is 35.5. The van der Waals surface area contributed by atoms with Gasteiger partial charge in [0.1, 0.15) is 22.5 Å². The maximum absolute atomic E-state index is 13.6. The SMILES string of the molecule is CCCCC/C=C\CCC(C)CCCCCCCCOC(=O)Oc1cc(O)c(C2CCN(C)C[C@@H]2O)c2oc(-c3ccccc3Cl)cc(=O)c12. The maximum atomic E-state index is 13.6. The lowest BCUT2D eigenvalue weighted by Crippen LogP contribution is -2.40. The van der Waals surface area contributed by atoms with Crippen LogP contribution in [0, 0.1) is 5.92 Å². The standard InChI is InChI=1S/C41H56ClNO7/c1-4-5-6-7-8-11-14-19-29(2)20-15-12-9-10-13-18-25-48-41(47)50-37-27-33(44)38(31-23-24-43(3)28-35(31)46)40-39(37)34(45)26-36(49-40)30-21-16-17-22-32(30)42/h8,11,16-17,21-22,26-27,29,31,35,44,46H,4-7,9-10,12-15,18-20,23-25,28H2,1-3H3/b11-8-/t29?,31?,35-/m0/s1. The number of aromatic hydroxyl groups is 1. The topological polar surface area (TPSA) is 109 Å². The van der Waals surface area contributed by atoms with Crippen LogP contribution in [0.5, 0.6) is 11.5 Å². The van der Waals surface area contributed by atoms with E-state index in [2.05, 4.69) is 26.0 Å². The van der Waals surface area contributed by atoms with Crippen LogP contribution in [0.15, 0.2) is 57.8 Å². The van der Waals surface area contributed by atoms with Gasteiger partial charge in [-0.3, -0.25) is 4.79 Å². The molecule has 0 saturated carbocycles. The van der Waals surface area contributed by atoms with Crippen LogP contribution >= 0.6 is 11.6 Å². The van der Waals surface area contributed by atoms with Crippen molar-refractivity contribution < 1.29 is 28.9 Å². The van der Waals surface area contributed by atoms with Gasteiger partial charge in [-0.25, -0.2) is 4.79 Å². The number of aliphatic hydroxyl groups is 1. The maximum Gasteiger partial charge on any atom is 0.513 e. The number of fused-ring (bicyclic) bond motifs is 1. The first-order valence-electron chi connectivity index (χ1n) is 18.6. The summed E-state index contributed by atoms with van der Waals surface area (Å²) in [6, 6.07) is 9.49. The molecule has 4 rings (SSSR count). The summed E-state index contributed by atoms with van der Waals surface area (Å²) in [5.41, 5.74) is 0.371. The number of nitrogens with zero attached hydrogens (tertiary/aromatic N) is 1. The van der Waals surface area contributed by atoms with Crippen molar-refractivity contribution in [3.8, 4) is 22.8 Å². The van der Waals surface area contributed by atoms with E-state index in [-0.39, 0.29) is 34.8 Å². The molecule has 3 atom stereocenters. The van der Waals surface area contributed by atoms with Gasteiger partial charge in [-0.1, -0.05) is 101 Å². The van der Waals surface area contributed by atoms with E-state index in [0.717, 1.165) is 25.2 Å². The summed E-state index contributed by atoms with van der Waals surface area (Å²) in [5.74, 6) is 0.0470. The van der Waals surface area contributed by atoms with E-state index >= 15 is 0 Å². The average Bonchev–Trinajstić information content (AvgIpc) is 3.07. The quantitative estimate of drug-likeness (QED) is 0.0548. The van der Waals surface area contributed by atoms with Crippen LogP contribution in [0.3, 0.4) is 0 Å². The van der Waals surface area contributed by atoms with Crippen LogP contribution in [-0.2, 0) is 4.74 Å². The molecule has 2 N–H and O–H groups in total. The summed E-state index contributed by atoms with van der Waals surface area (Å²) in [6.45, 7) is 5.85. The van der Waals surface area contributed by atoms with Crippen molar-refractivity contribution >= 4 is 28.7 Å². The second kappa shape index (κ2) is 20.5. The van der Waals surface area contributed by atoms with Gasteiger partial charge in [-0.15, -0.1) is 0 Å². The monoisotopic (exact) mass is 709 g/mol. The van der Waals surface area contributed by atoms with E-state index in [1.807, 2.05) is 11.9 Å². The molecule has 1 aliphatic heterocycles. The van der Waals surface area contributed by atoms with Crippen molar-refractivity contribution in [2.75, 3.05) is 26.7 Å².